The van der Waals surface area contributed by atoms with Crippen LogP contribution in [0.2, 0.25) is 0 Å². The van der Waals surface area contributed by atoms with Crippen LogP contribution in [0.1, 0.15) is 12.5 Å². The van der Waals surface area contributed by atoms with Crippen molar-refractivity contribution in [1.82, 2.24) is 0 Å². The van der Waals surface area contributed by atoms with Gasteiger partial charge in [-0.05, 0) is 6.92 Å². The van der Waals surface area contributed by atoms with Crippen molar-refractivity contribution in [3.05, 3.63) is 42.2 Å². The van der Waals surface area contributed by atoms with Gasteiger partial charge in [0.2, 0.25) is 0 Å². The van der Waals surface area contributed by atoms with Crippen molar-refractivity contribution in [2.75, 3.05) is 13.7 Å². The summed E-state index contributed by atoms with van der Waals surface area (Å²) < 4.78 is 10.3. The van der Waals surface area contributed by atoms with E-state index in [1.54, 1.807) is 13.4 Å². The minimum absolute atomic E-state index is 0.652. The number of ether oxygens (including phenoxy) is 2. The molecule has 0 spiro atoms. The maximum atomic E-state index is 5.17. The Morgan fingerprint density at radius 2 is 2.00 bits per heavy atom. The molecule has 0 N–H and O–H groups in total. The van der Waals surface area contributed by atoms with Crippen LogP contribution in [-0.4, -0.2) is 13.7 Å². The second-order valence-corrected chi connectivity index (χ2v) is 2.51. The van der Waals surface area contributed by atoms with Crippen molar-refractivity contribution in [2.45, 2.75) is 6.92 Å². The van der Waals surface area contributed by atoms with E-state index in [-0.39, 0.29) is 0 Å². The predicted octanol–water partition coefficient (Wildman–Crippen LogP) is 2.67. The minimum atomic E-state index is 0.652. The van der Waals surface area contributed by atoms with Gasteiger partial charge in [0.05, 0.1) is 13.7 Å². The van der Waals surface area contributed by atoms with Gasteiger partial charge in [-0.2, -0.15) is 0 Å². The molecule has 0 bridgehead atoms. The molecule has 13 heavy (non-hydrogen) atoms. The van der Waals surface area contributed by atoms with Crippen molar-refractivity contribution < 1.29 is 9.47 Å². The Bertz CT molecular complexity index is 265. The lowest BCUT2D eigenvalue weighted by Gasteiger charge is -2.05. The Hall–Kier alpha value is -1.44. The first-order valence-electron chi connectivity index (χ1n) is 4.29. The average Bonchev–Trinajstić information content (AvgIpc) is 2.21. The van der Waals surface area contributed by atoms with Crippen LogP contribution in [0.5, 0.6) is 0 Å². The van der Waals surface area contributed by atoms with Crippen LogP contribution < -0.4 is 0 Å². The largest absolute Gasteiger partial charge is 0.498 e. The molecule has 0 aromatic heterocycles. The Morgan fingerprint density at radius 1 is 1.31 bits per heavy atom. The van der Waals surface area contributed by atoms with E-state index in [1.165, 1.54) is 0 Å². The van der Waals surface area contributed by atoms with Crippen molar-refractivity contribution in [3.8, 4) is 0 Å². The highest BCUT2D eigenvalue weighted by Crippen LogP contribution is 2.13. The third-order valence-electron chi connectivity index (χ3n) is 1.64. The third kappa shape index (κ3) is 2.82. The molecule has 0 atom stereocenters. The fourth-order valence-electron chi connectivity index (χ4n) is 0.995. The molecule has 0 unspecified atom stereocenters. The van der Waals surface area contributed by atoms with Gasteiger partial charge in [0.1, 0.15) is 6.26 Å². The SMILES string of the molecule is CCOC=C(OC)c1ccccc1. The van der Waals surface area contributed by atoms with Crippen molar-refractivity contribution in [3.63, 3.8) is 0 Å². The molecule has 0 saturated carbocycles. The molecule has 0 aliphatic carbocycles. The number of hydrogen-bond acceptors (Lipinski definition) is 2. The summed E-state index contributed by atoms with van der Waals surface area (Å²) in [5, 5.41) is 0. The van der Waals surface area contributed by atoms with Crippen molar-refractivity contribution in [1.29, 1.82) is 0 Å². The van der Waals surface area contributed by atoms with Gasteiger partial charge in [0.15, 0.2) is 5.76 Å². The molecule has 70 valence electrons. The summed E-state index contributed by atoms with van der Waals surface area (Å²) in [6, 6.07) is 9.86. The lowest BCUT2D eigenvalue weighted by molar-refractivity contribution is 0.254. The first-order valence-corrected chi connectivity index (χ1v) is 4.29. The molecule has 0 heterocycles. The van der Waals surface area contributed by atoms with Gasteiger partial charge in [-0.25, -0.2) is 0 Å². The Morgan fingerprint density at radius 3 is 2.54 bits per heavy atom. The molecule has 1 aromatic carbocycles. The number of hydrogen-bond donors (Lipinski definition) is 0. The van der Waals surface area contributed by atoms with Crippen LogP contribution in [0.15, 0.2) is 36.6 Å². The molecule has 0 saturated heterocycles. The average molecular weight is 178 g/mol. The van der Waals surface area contributed by atoms with E-state index in [2.05, 4.69) is 0 Å². The van der Waals surface area contributed by atoms with Crippen LogP contribution in [0, 0.1) is 0 Å². The maximum absolute atomic E-state index is 5.17. The standard InChI is InChI=1S/C11H14O2/c1-3-13-9-11(12-2)10-7-5-4-6-8-10/h4-9H,3H2,1-2H3. The third-order valence-corrected chi connectivity index (χ3v) is 1.64. The fraction of sp³-hybridized carbons (Fsp3) is 0.273. The summed E-state index contributed by atoms with van der Waals surface area (Å²) in [5.74, 6) is 0.752. The predicted molar refractivity (Wildman–Crippen MR) is 53.1 cm³/mol. The lowest BCUT2D eigenvalue weighted by atomic mass is 10.2. The molecule has 1 aromatic rings. The van der Waals surface area contributed by atoms with Crippen molar-refractivity contribution >= 4 is 5.76 Å². The number of rotatable bonds is 4. The smallest absolute Gasteiger partial charge is 0.160 e. The van der Waals surface area contributed by atoms with Crippen LogP contribution in [-0.2, 0) is 9.47 Å². The number of methoxy groups -OCH3 is 1. The molecule has 0 aliphatic heterocycles. The first kappa shape index (κ1) is 9.65. The summed E-state index contributed by atoms with van der Waals surface area (Å²) in [4.78, 5) is 0. The minimum Gasteiger partial charge on any atom is -0.498 e. The molecular formula is C11H14O2. The summed E-state index contributed by atoms with van der Waals surface area (Å²) >= 11 is 0. The highest BCUT2D eigenvalue weighted by atomic mass is 16.5. The first-order chi connectivity index (χ1) is 6.38. The highest BCUT2D eigenvalue weighted by Gasteiger charge is 1.98. The van der Waals surface area contributed by atoms with E-state index in [0.29, 0.717) is 6.61 Å². The zero-order valence-electron chi connectivity index (χ0n) is 7.99. The zero-order chi connectivity index (χ0) is 9.52. The molecular weight excluding hydrogens is 164 g/mol. The Kier molecular flexibility index (Phi) is 3.89. The topological polar surface area (TPSA) is 18.5 Å². The highest BCUT2D eigenvalue weighted by molar-refractivity contribution is 5.58. The fourth-order valence-corrected chi connectivity index (χ4v) is 0.995. The van der Waals surface area contributed by atoms with E-state index in [1.807, 2.05) is 37.3 Å². The Balaban J connectivity index is 2.78. The monoisotopic (exact) mass is 178 g/mol. The van der Waals surface area contributed by atoms with E-state index < -0.39 is 0 Å². The molecule has 1 rings (SSSR count). The van der Waals surface area contributed by atoms with Gasteiger partial charge in [-0.15, -0.1) is 0 Å². The normalized spacial score (nSPS) is 11.1. The molecule has 2 heteroatoms. The van der Waals surface area contributed by atoms with E-state index in [0.717, 1.165) is 11.3 Å². The van der Waals surface area contributed by atoms with Gasteiger partial charge in [-0.1, -0.05) is 30.3 Å². The maximum Gasteiger partial charge on any atom is 0.160 e. The van der Waals surface area contributed by atoms with Gasteiger partial charge in [0, 0.05) is 5.56 Å². The van der Waals surface area contributed by atoms with E-state index >= 15 is 0 Å². The molecule has 0 fully saturated rings. The zero-order valence-corrected chi connectivity index (χ0v) is 7.99. The summed E-state index contributed by atoms with van der Waals surface area (Å²) in [5.41, 5.74) is 1.03. The van der Waals surface area contributed by atoms with Crippen molar-refractivity contribution in [2.24, 2.45) is 0 Å². The van der Waals surface area contributed by atoms with Gasteiger partial charge in [-0.3, -0.25) is 0 Å². The second-order valence-electron chi connectivity index (χ2n) is 2.51. The van der Waals surface area contributed by atoms with Gasteiger partial charge < -0.3 is 9.47 Å². The quantitative estimate of drug-likeness (QED) is 0.660. The van der Waals surface area contributed by atoms with Crippen LogP contribution in [0.4, 0.5) is 0 Å². The molecule has 0 radical (unpaired) electrons. The molecule has 0 amide bonds. The van der Waals surface area contributed by atoms with E-state index in [4.69, 9.17) is 9.47 Å². The Labute approximate surface area is 78.8 Å². The van der Waals surface area contributed by atoms with Crippen LogP contribution in [0.25, 0.3) is 5.76 Å². The van der Waals surface area contributed by atoms with Crippen LogP contribution >= 0.6 is 0 Å². The number of benzene rings is 1. The van der Waals surface area contributed by atoms with E-state index in [9.17, 15) is 0 Å². The summed E-state index contributed by atoms with van der Waals surface area (Å²) in [7, 11) is 1.64. The van der Waals surface area contributed by atoms with Gasteiger partial charge in [0.25, 0.3) is 0 Å². The van der Waals surface area contributed by atoms with Gasteiger partial charge >= 0.3 is 0 Å². The molecule has 2 nitrogen and oxygen atoms in total. The van der Waals surface area contributed by atoms with Crippen LogP contribution in [0.3, 0.4) is 0 Å². The molecule has 0 aliphatic rings. The second kappa shape index (κ2) is 5.25. The summed E-state index contributed by atoms with van der Waals surface area (Å²) in [6.07, 6.45) is 1.63. The lowest BCUT2D eigenvalue weighted by Crippen LogP contribution is -1.89. The summed E-state index contributed by atoms with van der Waals surface area (Å²) in [6.45, 7) is 2.59.